The minimum absolute atomic E-state index is 0.0500. The predicted octanol–water partition coefficient (Wildman–Crippen LogP) is 1.29. The maximum absolute atomic E-state index is 10.7. The molecule has 0 aromatic heterocycles. The van der Waals surface area contributed by atoms with Crippen molar-refractivity contribution in [3.63, 3.8) is 0 Å². The summed E-state index contributed by atoms with van der Waals surface area (Å²) in [5, 5.41) is 18.5. The molecule has 0 spiro atoms. The first-order valence-corrected chi connectivity index (χ1v) is 5.25. The summed E-state index contributed by atoms with van der Waals surface area (Å²) in [7, 11) is 0. The Morgan fingerprint density at radius 1 is 1.50 bits per heavy atom. The van der Waals surface area contributed by atoms with Crippen molar-refractivity contribution in [3.05, 3.63) is 28.8 Å². The molecule has 0 radical (unpaired) electrons. The Labute approximate surface area is 94.7 Å². The van der Waals surface area contributed by atoms with Crippen molar-refractivity contribution >= 4 is 6.29 Å². The number of phenols is 1. The predicted molar refractivity (Wildman–Crippen MR) is 61.5 cm³/mol. The summed E-state index contributed by atoms with van der Waals surface area (Å²) in [6, 6.07) is 3.03. The van der Waals surface area contributed by atoms with Crippen LogP contribution in [0.2, 0.25) is 0 Å². The van der Waals surface area contributed by atoms with Gasteiger partial charge in [0, 0.05) is 18.2 Å². The first-order chi connectivity index (χ1) is 7.60. The second-order valence-electron chi connectivity index (χ2n) is 3.88. The number of aromatic hydroxyl groups is 1. The van der Waals surface area contributed by atoms with Crippen molar-refractivity contribution in [3.8, 4) is 5.75 Å². The van der Waals surface area contributed by atoms with Gasteiger partial charge in [-0.2, -0.15) is 0 Å². The Balaban J connectivity index is 3.02. The minimum atomic E-state index is -0.356. The van der Waals surface area contributed by atoms with E-state index < -0.39 is 0 Å². The summed E-state index contributed by atoms with van der Waals surface area (Å²) >= 11 is 0. The topological polar surface area (TPSA) is 83.5 Å². The molecular formula is C12H17NO3. The number of aliphatic hydroxyl groups excluding tert-OH is 1. The van der Waals surface area contributed by atoms with Crippen molar-refractivity contribution in [1.82, 2.24) is 0 Å². The average molecular weight is 223 g/mol. The van der Waals surface area contributed by atoms with Crippen molar-refractivity contribution in [2.24, 2.45) is 5.73 Å². The van der Waals surface area contributed by atoms with Gasteiger partial charge in [0.05, 0.1) is 5.56 Å². The molecular weight excluding hydrogens is 206 g/mol. The van der Waals surface area contributed by atoms with Gasteiger partial charge < -0.3 is 15.9 Å². The molecule has 16 heavy (non-hydrogen) atoms. The van der Waals surface area contributed by atoms with Crippen LogP contribution < -0.4 is 5.73 Å². The Bertz CT molecular complexity index is 377. The van der Waals surface area contributed by atoms with E-state index in [2.05, 4.69) is 0 Å². The number of carbonyl (C=O) groups excluding carboxylic acids is 1. The molecule has 1 atom stereocenters. The molecule has 0 aliphatic heterocycles. The molecule has 0 bridgehead atoms. The number of hydrogen-bond acceptors (Lipinski definition) is 4. The molecule has 1 aromatic rings. The van der Waals surface area contributed by atoms with Crippen LogP contribution in [-0.4, -0.2) is 23.1 Å². The summed E-state index contributed by atoms with van der Waals surface area (Å²) < 4.78 is 0. The lowest BCUT2D eigenvalue weighted by atomic mass is 9.97. The summed E-state index contributed by atoms with van der Waals surface area (Å²) in [4.78, 5) is 10.7. The van der Waals surface area contributed by atoms with Crippen molar-refractivity contribution in [1.29, 1.82) is 0 Å². The summed E-state index contributed by atoms with van der Waals surface area (Å²) in [5.41, 5.74) is 7.60. The Hall–Kier alpha value is -1.39. The number of rotatable bonds is 5. The van der Waals surface area contributed by atoms with Crippen LogP contribution in [0.5, 0.6) is 5.75 Å². The van der Waals surface area contributed by atoms with E-state index in [1.54, 1.807) is 12.1 Å². The van der Waals surface area contributed by atoms with E-state index in [-0.39, 0.29) is 24.0 Å². The SMILES string of the molecule is Cc1cc(C=O)c(O)c(C(N)CCCO)c1. The molecule has 0 amide bonds. The fraction of sp³-hybridized carbons (Fsp3) is 0.417. The lowest BCUT2D eigenvalue weighted by Gasteiger charge is -2.15. The average Bonchev–Trinajstić information content (AvgIpc) is 2.28. The molecule has 4 heteroatoms. The van der Waals surface area contributed by atoms with Crippen LogP contribution in [-0.2, 0) is 0 Å². The molecule has 88 valence electrons. The highest BCUT2D eigenvalue weighted by molar-refractivity contribution is 5.80. The summed E-state index contributed by atoms with van der Waals surface area (Å²) in [5.74, 6) is -0.0500. The largest absolute Gasteiger partial charge is 0.507 e. The van der Waals surface area contributed by atoms with E-state index in [1.807, 2.05) is 6.92 Å². The molecule has 1 rings (SSSR count). The van der Waals surface area contributed by atoms with Gasteiger partial charge in [-0.05, 0) is 31.4 Å². The molecule has 4 N–H and O–H groups in total. The molecule has 4 nitrogen and oxygen atoms in total. The lowest BCUT2D eigenvalue weighted by Crippen LogP contribution is -2.12. The van der Waals surface area contributed by atoms with E-state index in [0.717, 1.165) is 5.56 Å². The maximum atomic E-state index is 10.7. The van der Waals surface area contributed by atoms with E-state index >= 15 is 0 Å². The fourth-order valence-electron chi connectivity index (χ4n) is 1.67. The summed E-state index contributed by atoms with van der Waals surface area (Å²) in [6.45, 7) is 1.91. The van der Waals surface area contributed by atoms with Crippen LogP contribution in [0.4, 0.5) is 0 Å². The molecule has 0 aliphatic rings. The summed E-state index contributed by atoms with van der Waals surface area (Å²) in [6.07, 6.45) is 1.77. The smallest absolute Gasteiger partial charge is 0.153 e. The first kappa shape index (κ1) is 12.7. The number of carbonyl (C=O) groups is 1. The molecule has 0 aliphatic carbocycles. The number of benzene rings is 1. The monoisotopic (exact) mass is 223 g/mol. The van der Waals surface area contributed by atoms with E-state index in [4.69, 9.17) is 10.8 Å². The van der Waals surface area contributed by atoms with Crippen LogP contribution in [0.15, 0.2) is 12.1 Å². The number of nitrogens with two attached hydrogens (primary N) is 1. The third-order valence-electron chi connectivity index (χ3n) is 2.51. The van der Waals surface area contributed by atoms with Crippen LogP contribution in [0.3, 0.4) is 0 Å². The molecule has 1 unspecified atom stereocenters. The zero-order valence-corrected chi connectivity index (χ0v) is 9.31. The number of aryl methyl sites for hydroxylation is 1. The van der Waals surface area contributed by atoms with Crippen molar-refractivity contribution < 1.29 is 15.0 Å². The fourth-order valence-corrected chi connectivity index (χ4v) is 1.67. The number of hydrogen-bond donors (Lipinski definition) is 3. The van der Waals surface area contributed by atoms with E-state index in [9.17, 15) is 9.90 Å². The quantitative estimate of drug-likeness (QED) is 0.657. The van der Waals surface area contributed by atoms with Crippen LogP contribution in [0.25, 0.3) is 0 Å². The Kier molecular flexibility index (Phi) is 4.46. The zero-order chi connectivity index (χ0) is 12.1. The van der Waals surface area contributed by atoms with E-state index in [1.165, 1.54) is 0 Å². The third-order valence-corrected chi connectivity index (χ3v) is 2.51. The van der Waals surface area contributed by atoms with Crippen molar-refractivity contribution in [2.45, 2.75) is 25.8 Å². The highest BCUT2D eigenvalue weighted by Crippen LogP contribution is 2.29. The molecule has 0 saturated heterocycles. The van der Waals surface area contributed by atoms with Gasteiger partial charge in [0.1, 0.15) is 5.75 Å². The lowest BCUT2D eigenvalue weighted by molar-refractivity contribution is 0.112. The first-order valence-electron chi connectivity index (χ1n) is 5.25. The van der Waals surface area contributed by atoms with Gasteiger partial charge in [-0.25, -0.2) is 0 Å². The van der Waals surface area contributed by atoms with Gasteiger partial charge in [0.15, 0.2) is 6.29 Å². The number of phenolic OH excluding ortho intramolecular Hbond substituents is 1. The molecule has 1 aromatic carbocycles. The van der Waals surface area contributed by atoms with Gasteiger partial charge in [-0.3, -0.25) is 4.79 Å². The molecule has 0 saturated carbocycles. The van der Waals surface area contributed by atoms with Crippen LogP contribution >= 0.6 is 0 Å². The van der Waals surface area contributed by atoms with E-state index in [0.29, 0.717) is 24.7 Å². The maximum Gasteiger partial charge on any atom is 0.153 e. The molecule has 0 fully saturated rings. The van der Waals surface area contributed by atoms with Crippen molar-refractivity contribution in [2.75, 3.05) is 6.61 Å². The third kappa shape index (κ3) is 2.81. The highest BCUT2D eigenvalue weighted by atomic mass is 16.3. The van der Waals surface area contributed by atoms with Crippen LogP contribution in [0, 0.1) is 6.92 Å². The van der Waals surface area contributed by atoms with Gasteiger partial charge >= 0.3 is 0 Å². The normalized spacial score (nSPS) is 12.4. The Morgan fingerprint density at radius 2 is 2.19 bits per heavy atom. The van der Waals surface area contributed by atoms with Gasteiger partial charge in [0.25, 0.3) is 0 Å². The van der Waals surface area contributed by atoms with Gasteiger partial charge in [-0.1, -0.05) is 6.07 Å². The second-order valence-corrected chi connectivity index (χ2v) is 3.88. The Morgan fingerprint density at radius 3 is 2.75 bits per heavy atom. The molecule has 0 heterocycles. The highest BCUT2D eigenvalue weighted by Gasteiger charge is 2.14. The minimum Gasteiger partial charge on any atom is -0.507 e. The second kappa shape index (κ2) is 5.63. The zero-order valence-electron chi connectivity index (χ0n) is 9.31. The number of aliphatic hydroxyl groups is 1. The van der Waals surface area contributed by atoms with Gasteiger partial charge in [0.2, 0.25) is 0 Å². The van der Waals surface area contributed by atoms with Gasteiger partial charge in [-0.15, -0.1) is 0 Å². The van der Waals surface area contributed by atoms with Crippen LogP contribution in [0.1, 0.15) is 40.4 Å². The number of aldehydes is 1. The standard InChI is InChI=1S/C12H17NO3/c1-8-5-9(7-15)12(16)10(6-8)11(13)3-2-4-14/h5-7,11,14,16H,2-4,13H2,1H3.